The SMILES string of the molecule is Nc1cn(CCC(=O)NO)cn1. The van der Waals surface area contributed by atoms with Gasteiger partial charge in [-0.1, -0.05) is 0 Å². The molecule has 0 saturated carbocycles. The number of nitrogens with zero attached hydrogens (tertiary/aromatic N) is 2. The van der Waals surface area contributed by atoms with Crippen LogP contribution in [0.3, 0.4) is 0 Å². The Labute approximate surface area is 69.0 Å². The number of amides is 1. The number of nitrogens with two attached hydrogens (primary N) is 1. The van der Waals surface area contributed by atoms with Crippen molar-refractivity contribution < 1.29 is 10.0 Å². The fourth-order valence-electron chi connectivity index (χ4n) is 0.786. The lowest BCUT2D eigenvalue weighted by molar-refractivity contribution is -0.129. The summed E-state index contributed by atoms with van der Waals surface area (Å²) in [6, 6.07) is 0. The number of carbonyl (C=O) groups is 1. The molecule has 1 amide bonds. The Morgan fingerprint density at radius 3 is 3.08 bits per heavy atom. The zero-order valence-electron chi connectivity index (χ0n) is 6.40. The Bertz CT molecular complexity index is 270. The van der Waals surface area contributed by atoms with E-state index < -0.39 is 5.91 Å². The summed E-state index contributed by atoms with van der Waals surface area (Å²) < 4.78 is 1.67. The number of carbonyl (C=O) groups excluding carboxylic acids is 1. The highest BCUT2D eigenvalue weighted by atomic mass is 16.5. The molecule has 0 fully saturated rings. The van der Waals surface area contributed by atoms with Crippen LogP contribution in [-0.2, 0) is 11.3 Å². The predicted octanol–water partition coefficient (Wildman–Crippen LogP) is -0.639. The Morgan fingerprint density at radius 1 is 1.83 bits per heavy atom. The monoisotopic (exact) mass is 170 g/mol. The van der Waals surface area contributed by atoms with E-state index in [1.807, 2.05) is 0 Å². The molecule has 0 bridgehead atoms. The van der Waals surface area contributed by atoms with E-state index in [2.05, 4.69) is 4.98 Å². The predicted molar refractivity (Wildman–Crippen MR) is 41.2 cm³/mol. The van der Waals surface area contributed by atoms with Gasteiger partial charge < -0.3 is 10.3 Å². The second kappa shape index (κ2) is 3.72. The first-order valence-corrected chi connectivity index (χ1v) is 3.42. The fourth-order valence-corrected chi connectivity index (χ4v) is 0.786. The number of rotatable bonds is 3. The number of nitrogen functional groups attached to an aromatic ring is 1. The van der Waals surface area contributed by atoms with Crippen molar-refractivity contribution in [2.24, 2.45) is 0 Å². The summed E-state index contributed by atoms with van der Waals surface area (Å²) in [4.78, 5) is 14.3. The van der Waals surface area contributed by atoms with Crippen LogP contribution in [0.25, 0.3) is 0 Å². The number of anilines is 1. The second-order valence-electron chi connectivity index (χ2n) is 2.32. The van der Waals surface area contributed by atoms with Gasteiger partial charge in [-0.05, 0) is 0 Å². The quantitative estimate of drug-likeness (QED) is 0.415. The van der Waals surface area contributed by atoms with Gasteiger partial charge in [0.1, 0.15) is 5.82 Å². The fraction of sp³-hybridized carbons (Fsp3) is 0.333. The zero-order chi connectivity index (χ0) is 8.97. The van der Waals surface area contributed by atoms with Crippen LogP contribution < -0.4 is 11.2 Å². The second-order valence-corrected chi connectivity index (χ2v) is 2.32. The molecule has 66 valence electrons. The maximum absolute atomic E-state index is 10.6. The van der Waals surface area contributed by atoms with E-state index in [4.69, 9.17) is 10.9 Å². The molecule has 0 spiro atoms. The molecule has 6 heteroatoms. The van der Waals surface area contributed by atoms with E-state index in [-0.39, 0.29) is 6.42 Å². The third-order valence-corrected chi connectivity index (χ3v) is 1.37. The van der Waals surface area contributed by atoms with E-state index in [1.54, 1.807) is 10.8 Å². The Hall–Kier alpha value is -1.56. The van der Waals surface area contributed by atoms with Gasteiger partial charge in [0.15, 0.2) is 0 Å². The average Bonchev–Trinajstić information content (AvgIpc) is 2.47. The molecule has 1 aromatic heterocycles. The summed E-state index contributed by atoms with van der Waals surface area (Å²) in [7, 11) is 0. The molecular formula is C6H10N4O2. The molecule has 1 heterocycles. The van der Waals surface area contributed by atoms with E-state index >= 15 is 0 Å². The molecule has 0 radical (unpaired) electrons. The number of hydrogen-bond donors (Lipinski definition) is 3. The molecule has 1 rings (SSSR count). The van der Waals surface area contributed by atoms with Gasteiger partial charge in [-0.15, -0.1) is 0 Å². The van der Waals surface area contributed by atoms with Gasteiger partial charge in [-0.25, -0.2) is 10.5 Å². The van der Waals surface area contributed by atoms with Gasteiger partial charge >= 0.3 is 0 Å². The van der Waals surface area contributed by atoms with Crippen LogP contribution in [-0.4, -0.2) is 20.7 Å². The van der Waals surface area contributed by atoms with Crippen LogP contribution in [0.1, 0.15) is 6.42 Å². The number of hydroxylamine groups is 1. The Balaban J connectivity index is 2.38. The minimum atomic E-state index is -0.428. The molecule has 4 N–H and O–H groups in total. The minimum absolute atomic E-state index is 0.201. The summed E-state index contributed by atoms with van der Waals surface area (Å²) in [5, 5.41) is 8.17. The molecule has 0 atom stereocenters. The normalized spacial score (nSPS) is 9.75. The number of aryl methyl sites for hydroxylation is 1. The largest absolute Gasteiger partial charge is 0.382 e. The first-order valence-electron chi connectivity index (χ1n) is 3.42. The number of hydrogen-bond acceptors (Lipinski definition) is 4. The van der Waals surface area contributed by atoms with Crippen molar-refractivity contribution in [1.82, 2.24) is 15.0 Å². The van der Waals surface area contributed by atoms with Crippen molar-refractivity contribution in [3.05, 3.63) is 12.5 Å². The van der Waals surface area contributed by atoms with Crippen LogP contribution in [0.4, 0.5) is 5.82 Å². The summed E-state index contributed by atoms with van der Waals surface area (Å²) in [6.45, 7) is 0.455. The average molecular weight is 170 g/mol. The lowest BCUT2D eigenvalue weighted by Crippen LogP contribution is -2.19. The van der Waals surface area contributed by atoms with Crippen molar-refractivity contribution in [3.63, 3.8) is 0 Å². The van der Waals surface area contributed by atoms with Crippen LogP contribution in [0, 0.1) is 0 Å². The molecule has 0 unspecified atom stereocenters. The Kier molecular flexibility index (Phi) is 2.65. The molecule has 12 heavy (non-hydrogen) atoms. The van der Waals surface area contributed by atoms with Crippen molar-refractivity contribution >= 4 is 11.7 Å². The third-order valence-electron chi connectivity index (χ3n) is 1.37. The summed E-state index contributed by atoms with van der Waals surface area (Å²) in [5.74, 6) is -0.0123. The maximum atomic E-state index is 10.6. The lowest BCUT2D eigenvalue weighted by atomic mass is 10.4. The van der Waals surface area contributed by atoms with Gasteiger partial charge in [0.05, 0.1) is 6.33 Å². The minimum Gasteiger partial charge on any atom is -0.382 e. The number of nitrogens with one attached hydrogen (secondary N) is 1. The molecule has 1 aromatic rings. The maximum Gasteiger partial charge on any atom is 0.245 e. The molecule has 0 saturated heterocycles. The molecule has 0 aliphatic carbocycles. The summed E-state index contributed by atoms with van der Waals surface area (Å²) in [5.41, 5.74) is 6.87. The molecular weight excluding hydrogens is 160 g/mol. The lowest BCUT2D eigenvalue weighted by Gasteiger charge is -1.98. The van der Waals surface area contributed by atoms with Crippen molar-refractivity contribution in [2.75, 3.05) is 5.73 Å². The summed E-state index contributed by atoms with van der Waals surface area (Å²) >= 11 is 0. The van der Waals surface area contributed by atoms with Crippen LogP contribution in [0.2, 0.25) is 0 Å². The Morgan fingerprint density at radius 2 is 2.58 bits per heavy atom. The highest BCUT2D eigenvalue weighted by Gasteiger charge is 1.99. The first-order chi connectivity index (χ1) is 5.72. The number of imidazole rings is 1. The molecule has 0 aromatic carbocycles. The third kappa shape index (κ3) is 2.24. The smallest absolute Gasteiger partial charge is 0.245 e. The van der Waals surface area contributed by atoms with Crippen molar-refractivity contribution in [2.45, 2.75) is 13.0 Å². The van der Waals surface area contributed by atoms with Crippen LogP contribution in [0.5, 0.6) is 0 Å². The van der Waals surface area contributed by atoms with Gasteiger partial charge in [0.25, 0.3) is 0 Å². The molecule has 6 nitrogen and oxygen atoms in total. The van der Waals surface area contributed by atoms with Gasteiger partial charge in [0, 0.05) is 19.2 Å². The highest BCUT2D eigenvalue weighted by molar-refractivity contribution is 5.74. The van der Waals surface area contributed by atoms with Crippen LogP contribution in [0.15, 0.2) is 12.5 Å². The van der Waals surface area contributed by atoms with E-state index in [0.717, 1.165) is 0 Å². The number of aromatic nitrogens is 2. The van der Waals surface area contributed by atoms with E-state index in [9.17, 15) is 4.79 Å². The first kappa shape index (κ1) is 8.54. The zero-order valence-corrected chi connectivity index (χ0v) is 6.40. The van der Waals surface area contributed by atoms with E-state index in [1.165, 1.54) is 11.8 Å². The van der Waals surface area contributed by atoms with Crippen molar-refractivity contribution in [3.8, 4) is 0 Å². The summed E-state index contributed by atoms with van der Waals surface area (Å²) in [6.07, 6.45) is 3.34. The van der Waals surface area contributed by atoms with Crippen LogP contribution >= 0.6 is 0 Å². The standard InChI is InChI=1S/C6H10N4O2/c7-5-3-10(4-8-5)2-1-6(11)9-12/h3-4,12H,1-2,7H2,(H,9,11). The topological polar surface area (TPSA) is 93.2 Å². The van der Waals surface area contributed by atoms with E-state index in [0.29, 0.717) is 12.4 Å². The van der Waals surface area contributed by atoms with Crippen molar-refractivity contribution in [1.29, 1.82) is 0 Å². The highest BCUT2D eigenvalue weighted by Crippen LogP contribution is 1.97. The van der Waals surface area contributed by atoms with Gasteiger partial charge in [-0.3, -0.25) is 10.0 Å². The van der Waals surface area contributed by atoms with Gasteiger partial charge in [0.2, 0.25) is 5.91 Å². The molecule has 0 aliphatic rings. The van der Waals surface area contributed by atoms with Gasteiger partial charge in [-0.2, -0.15) is 0 Å². The molecule has 0 aliphatic heterocycles.